The maximum atomic E-state index is 12.7. The highest BCUT2D eigenvalue weighted by atomic mass is 16.5. The van der Waals surface area contributed by atoms with Crippen LogP contribution < -0.4 is 10.6 Å². The Morgan fingerprint density at radius 2 is 1.59 bits per heavy atom. The third-order valence-electron chi connectivity index (χ3n) is 5.91. The van der Waals surface area contributed by atoms with E-state index >= 15 is 0 Å². The fraction of sp³-hybridized carbons (Fsp3) is 0.222. The lowest BCUT2D eigenvalue weighted by molar-refractivity contribution is -0.136. The molecule has 7 nitrogen and oxygen atoms in total. The number of fused-ring (bicyclic) bond motifs is 3. The second-order valence-corrected chi connectivity index (χ2v) is 8.19. The molecule has 2 amide bonds. The first kappa shape index (κ1) is 23.0. The number of carbonyl (C=O) groups is 3. The van der Waals surface area contributed by atoms with Gasteiger partial charge in [0.05, 0.1) is 6.42 Å². The number of anilines is 1. The quantitative estimate of drug-likeness (QED) is 0.459. The van der Waals surface area contributed by atoms with Gasteiger partial charge in [-0.25, -0.2) is 4.79 Å². The van der Waals surface area contributed by atoms with Crippen molar-refractivity contribution < 1.29 is 24.2 Å². The maximum absolute atomic E-state index is 12.7. The third-order valence-corrected chi connectivity index (χ3v) is 5.91. The predicted molar refractivity (Wildman–Crippen MR) is 129 cm³/mol. The van der Waals surface area contributed by atoms with Crippen molar-refractivity contribution in [1.29, 1.82) is 0 Å². The predicted octanol–water partition coefficient (Wildman–Crippen LogP) is 4.57. The first-order valence-electron chi connectivity index (χ1n) is 11.2. The normalized spacial score (nSPS) is 12.9. The molecule has 0 saturated heterocycles. The number of nitrogens with one attached hydrogen (secondary N) is 2. The van der Waals surface area contributed by atoms with Gasteiger partial charge in [-0.15, -0.1) is 0 Å². The van der Waals surface area contributed by atoms with Crippen molar-refractivity contribution in [2.45, 2.75) is 31.7 Å². The molecule has 7 heteroatoms. The van der Waals surface area contributed by atoms with E-state index < -0.39 is 24.0 Å². The van der Waals surface area contributed by atoms with Crippen LogP contribution in [0.25, 0.3) is 11.1 Å². The molecule has 3 aromatic rings. The van der Waals surface area contributed by atoms with Crippen molar-refractivity contribution in [1.82, 2.24) is 5.32 Å². The number of hydrogen-bond acceptors (Lipinski definition) is 4. The molecule has 174 valence electrons. The van der Waals surface area contributed by atoms with E-state index in [1.807, 2.05) is 36.4 Å². The number of rotatable bonds is 8. The van der Waals surface area contributed by atoms with Crippen LogP contribution in [0.15, 0.2) is 72.8 Å². The summed E-state index contributed by atoms with van der Waals surface area (Å²) in [4.78, 5) is 36.2. The minimum Gasteiger partial charge on any atom is -0.481 e. The van der Waals surface area contributed by atoms with Crippen molar-refractivity contribution in [2.75, 3.05) is 11.9 Å². The molecule has 4 rings (SSSR count). The molecule has 1 atom stereocenters. The lowest BCUT2D eigenvalue weighted by Gasteiger charge is -2.19. The lowest BCUT2D eigenvalue weighted by atomic mass is 9.98. The average Bonchev–Trinajstić information content (AvgIpc) is 3.14. The zero-order valence-corrected chi connectivity index (χ0v) is 18.8. The molecule has 0 aliphatic heterocycles. The SMILES string of the molecule is CC[C@H](NC(=O)OCC1c2ccccc2-c2ccccc21)C(=O)Nc1cccc(CC(=O)O)c1. The maximum Gasteiger partial charge on any atom is 0.407 e. The fourth-order valence-electron chi connectivity index (χ4n) is 4.30. The Morgan fingerprint density at radius 3 is 2.21 bits per heavy atom. The van der Waals surface area contributed by atoms with E-state index in [1.165, 1.54) is 0 Å². The number of ether oxygens (including phenoxy) is 1. The number of carboxylic acid groups (broad SMARTS) is 1. The second kappa shape index (κ2) is 10.2. The van der Waals surface area contributed by atoms with Gasteiger partial charge < -0.3 is 20.5 Å². The van der Waals surface area contributed by atoms with Gasteiger partial charge in [-0.2, -0.15) is 0 Å². The molecule has 0 saturated carbocycles. The van der Waals surface area contributed by atoms with Crippen LogP contribution in [0.3, 0.4) is 0 Å². The average molecular weight is 459 g/mol. The Labute approximate surface area is 197 Å². The number of carbonyl (C=O) groups excluding carboxylic acids is 2. The highest BCUT2D eigenvalue weighted by Gasteiger charge is 2.29. The van der Waals surface area contributed by atoms with Crippen molar-refractivity contribution >= 4 is 23.7 Å². The molecule has 3 aromatic carbocycles. The largest absolute Gasteiger partial charge is 0.481 e. The van der Waals surface area contributed by atoms with Gasteiger partial charge in [0.15, 0.2) is 0 Å². The summed E-state index contributed by atoms with van der Waals surface area (Å²) in [5, 5.41) is 14.3. The summed E-state index contributed by atoms with van der Waals surface area (Å²) in [7, 11) is 0. The van der Waals surface area contributed by atoms with Gasteiger partial charge in [0, 0.05) is 11.6 Å². The van der Waals surface area contributed by atoms with E-state index in [0.717, 1.165) is 22.3 Å². The van der Waals surface area contributed by atoms with Gasteiger partial charge in [-0.05, 0) is 46.4 Å². The van der Waals surface area contributed by atoms with Crippen molar-refractivity contribution in [2.24, 2.45) is 0 Å². The molecule has 1 aliphatic rings. The summed E-state index contributed by atoms with van der Waals surface area (Å²) in [5.74, 6) is -1.42. The fourth-order valence-corrected chi connectivity index (χ4v) is 4.30. The van der Waals surface area contributed by atoms with Crippen LogP contribution in [0.5, 0.6) is 0 Å². The lowest BCUT2D eigenvalue weighted by Crippen LogP contribution is -2.43. The molecule has 0 spiro atoms. The van der Waals surface area contributed by atoms with Crippen LogP contribution in [-0.4, -0.2) is 35.7 Å². The van der Waals surface area contributed by atoms with Crippen LogP contribution in [0.4, 0.5) is 10.5 Å². The van der Waals surface area contributed by atoms with Crippen molar-refractivity contribution in [3.63, 3.8) is 0 Å². The van der Waals surface area contributed by atoms with E-state index in [1.54, 1.807) is 31.2 Å². The summed E-state index contributed by atoms with van der Waals surface area (Å²) in [6, 6.07) is 22.0. The standard InChI is InChI=1S/C27H26N2O5/c1-2-24(26(32)28-18-9-7-8-17(14-18)15-25(30)31)29-27(33)34-16-23-21-12-5-3-10-19(21)20-11-4-6-13-22(20)23/h3-14,23-24H,2,15-16H2,1H3,(H,28,32)(H,29,33)(H,30,31)/t24-/m0/s1. The van der Waals surface area contributed by atoms with E-state index in [9.17, 15) is 14.4 Å². The number of benzene rings is 3. The number of alkyl carbamates (subject to hydrolysis) is 1. The summed E-state index contributed by atoms with van der Waals surface area (Å²) in [6.07, 6.45) is -0.437. The molecule has 0 heterocycles. The zero-order chi connectivity index (χ0) is 24.1. The van der Waals surface area contributed by atoms with Gasteiger partial charge in [0.1, 0.15) is 12.6 Å². The van der Waals surface area contributed by atoms with Gasteiger partial charge in [-0.3, -0.25) is 9.59 Å². The molecule has 0 aromatic heterocycles. The van der Waals surface area contributed by atoms with Crippen LogP contribution in [0.2, 0.25) is 0 Å². The number of aliphatic carboxylic acids is 1. The van der Waals surface area contributed by atoms with Crippen molar-refractivity contribution in [3.8, 4) is 11.1 Å². The number of amides is 2. The minimum atomic E-state index is -0.952. The van der Waals surface area contributed by atoms with Gasteiger partial charge in [0.2, 0.25) is 5.91 Å². The van der Waals surface area contributed by atoms with E-state index in [0.29, 0.717) is 17.7 Å². The topological polar surface area (TPSA) is 105 Å². The number of carboxylic acids is 1. The summed E-state index contributed by atoms with van der Waals surface area (Å²) < 4.78 is 5.54. The van der Waals surface area contributed by atoms with Crippen LogP contribution in [0.1, 0.15) is 36.0 Å². The zero-order valence-electron chi connectivity index (χ0n) is 18.8. The molecule has 0 bridgehead atoms. The Balaban J connectivity index is 1.37. The van der Waals surface area contributed by atoms with Gasteiger partial charge >= 0.3 is 12.1 Å². The third kappa shape index (κ3) is 5.09. The molecule has 1 aliphatic carbocycles. The number of hydrogen-bond donors (Lipinski definition) is 3. The molecule has 0 unspecified atom stereocenters. The van der Waals surface area contributed by atoms with E-state index in [2.05, 4.69) is 22.8 Å². The Kier molecular flexibility index (Phi) is 6.92. The van der Waals surface area contributed by atoms with Crippen LogP contribution in [0, 0.1) is 0 Å². The smallest absolute Gasteiger partial charge is 0.407 e. The first-order valence-corrected chi connectivity index (χ1v) is 11.2. The molecule has 3 N–H and O–H groups in total. The van der Waals surface area contributed by atoms with Crippen LogP contribution in [-0.2, 0) is 20.7 Å². The monoisotopic (exact) mass is 458 g/mol. The Bertz CT molecular complexity index is 1180. The van der Waals surface area contributed by atoms with E-state index in [4.69, 9.17) is 9.84 Å². The Hall–Kier alpha value is -4.13. The van der Waals surface area contributed by atoms with E-state index in [-0.39, 0.29) is 18.9 Å². The highest BCUT2D eigenvalue weighted by molar-refractivity contribution is 5.96. The van der Waals surface area contributed by atoms with Crippen molar-refractivity contribution in [3.05, 3.63) is 89.5 Å². The molecule has 0 radical (unpaired) electrons. The summed E-state index contributed by atoms with van der Waals surface area (Å²) in [5.41, 5.74) is 5.55. The highest BCUT2D eigenvalue weighted by Crippen LogP contribution is 2.44. The summed E-state index contributed by atoms with van der Waals surface area (Å²) in [6.45, 7) is 1.95. The first-order chi connectivity index (χ1) is 16.5. The second-order valence-electron chi connectivity index (χ2n) is 8.19. The van der Waals surface area contributed by atoms with Gasteiger partial charge in [0.25, 0.3) is 0 Å². The van der Waals surface area contributed by atoms with Crippen LogP contribution >= 0.6 is 0 Å². The molecule has 0 fully saturated rings. The Morgan fingerprint density at radius 1 is 0.941 bits per heavy atom. The molecular formula is C27H26N2O5. The molecular weight excluding hydrogens is 432 g/mol. The van der Waals surface area contributed by atoms with Gasteiger partial charge in [-0.1, -0.05) is 67.6 Å². The minimum absolute atomic E-state index is 0.0657. The summed E-state index contributed by atoms with van der Waals surface area (Å²) >= 11 is 0. The molecule has 34 heavy (non-hydrogen) atoms.